The fourth-order valence-electron chi connectivity index (χ4n) is 2.53. The van der Waals surface area contributed by atoms with E-state index in [4.69, 9.17) is 0 Å². The van der Waals surface area contributed by atoms with Crippen LogP contribution in [-0.4, -0.2) is 14.7 Å². The molecule has 3 rings (SSSR count). The van der Waals surface area contributed by atoms with Gasteiger partial charge in [-0.1, -0.05) is 18.2 Å². The monoisotopic (exact) mass is 367 g/mol. The molecule has 0 saturated carbocycles. The van der Waals surface area contributed by atoms with Gasteiger partial charge in [-0.25, -0.2) is 4.98 Å². The third-order valence-electron chi connectivity index (χ3n) is 3.61. The van der Waals surface area contributed by atoms with Gasteiger partial charge >= 0.3 is 0 Å². The number of fused-ring (bicyclic) bond motifs is 1. The number of benzene rings is 2. The summed E-state index contributed by atoms with van der Waals surface area (Å²) in [7, 11) is 0. The first-order valence-electron chi connectivity index (χ1n) is 7.20. The zero-order valence-corrected chi connectivity index (χ0v) is 14.1. The minimum absolute atomic E-state index is 0.168. The molecule has 0 aliphatic carbocycles. The summed E-state index contributed by atoms with van der Waals surface area (Å²) in [5, 5.41) is 19.2. The largest absolute Gasteiger partial charge is 0.507 e. The first-order valence-corrected chi connectivity index (χ1v) is 7.99. The van der Waals surface area contributed by atoms with Gasteiger partial charge in [-0.3, -0.25) is 0 Å². The lowest BCUT2D eigenvalue weighted by Gasteiger charge is -2.05. The van der Waals surface area contributed by atoms with Gasteiger partial charge in [-0.05, 0) is 58.8 Å². The molecule has 0 aliphatic rings. The van der Waals surface area contributed by atoms with Crippen molar-refractivity contribution in [2.75, 3.05) is 0 Å². The van der Waals surface area contributed by atoms with E-state index in [1.54, 1.807) is 24.3 Å². The molecular weight excluding hydrogens is 354 g/mol. The maximum Gasteiger partial charge on any atom is 0.151 e. The second kappa shape index (κ2) is 6.27. The van der Waals surface area contributed by atoms with E-state index in [2.05, 4.69) is 27.0 Å². The Morgan fingerprint density at radius 2 is 2.13 bits per heavy atom. The highest BCUT2D eigenvalue weighted by atomic mass is 79.9. The van der Waals surface area contributed by atoms with Gasteiger partial charge in [0.2, 0.25) is 0 Å². The number of imidazole rings is 1. The SMILES string of the molecule is CCn1c(/C(C#N)=C\c2ccc(O)c(Br)c2)nc2ccccc21. The summed E-state index contributed by atoms with van der Waals surface area (Å²) in [5.41, 5.74) is 3.19. The number of hydrogen-bond donors (Lipinski definition) is 1. The molecule has 0 bridgehead atoms. The molecule has 5 heteroatoms. The summed E-state index contributed by atoms with van der Waals surface area (Å²) >= 11 is 3.29. The summed E-state index contributed by atoms with van der Waals surface area (Å²) in [5.74, 6) is 0.821. The number of para-hydroxylation sites is 2. The van der Waals surface area contributed by atoms with E-state index in [-0.39, 0.29) is 5.75 Å². The van der Waals surface area contributed by atoms with Crippen LogP contribution in [0, 0.1) is 11.3 Å². The molecular formula is C18H14BrN3O. The number of aromatic nitrogens is 2. The molecule has 23 heavy (non-hydrogen) atoms. The third-order valence-corrected chi connectivity index (χ3v) is 4.25. The number of rotatable bonds is 3. The average molecular weight is 368 g/mol. The fraction of sp³-hybridized carbons (Fsp3) is 0.111. The van der Waals surface area contributed by atoms with Crippen LogP contribution >= 0.6 is 15.9 Å². The third kappa shape index (κ3) is 2.86. The second-order valence-electron chi connectivity index (χ2n) is 5.05. The van der Waals surface area contributed by atoms with Crippen molar-refractivity contribution in [3.63, 3.8) is 0 Å². The van der Waals surface area contributed by atoms with Crippen LogP contribution in [0.1, 0.15) is 18.3 Å². The van der Waals surface area contributed by atoms with E-state index in [0.717, 1.165) is 23.1 Å². The van der Waals surface area contributed by atoms with Crippen molar-refractivity contribution >= 4 is 38.6 Å². The predicted octanol–water partition coefficient (Wildman–Crippen LogP) is 4.59. The van der Waals surface area contributed by atoms with E-state index in [0.29, 0.717) is 15.9 Å². The van der Waals surface area contributed by atoms with Crippen LogP contribution in [0.3, 0.4) is 0 Å². The van der Waals surface area contributed by atoms with Crippen LogP contribution in [-0.2, 0) is 6.54 Å². The topological polar surface area (TPSA) is 61.8 Å². The zero-order chi connectivity index (χ0) is 16.4. The summed E-state index contributed by atoms with van der Waals surface area (Å²) in [4.78, 5) is 4.60. The molecule has 1 heterocycles. The highest BCUT2D eigenvalue weighted by Gasteiger charge is 2.13. The Balaban J connectivity index is 2.16. The van der Waals surface area contributed by atoms with Crippen LogP contribution in [0.15, 0.2) is 46.9 Å². The lowest BCUT2D eigenvalue weighted by Crippen LogP contribution is -2.00. The summed E-state index contributed by atoms with van der Waals surface area (Å²) < 4.78 is 2.62. The van der Waals surface area contributed by atoms with Crippen molar-refractivity contribution in [1.82, 2.24) is 9.55 Å². The van der Waals surface area contributed by atoms with Crippen molar-refractivity contribution in [1.29, 1.82) is 5.26 Å². The fourth-order valence-corrected chi connectivity index (χ4v) is 2.92. The van der Waals surface area contributed by atoms with Crippen LogP contribution in [0.5, 0.6) is 5.75 Å². The molecule has 0 saturated heterocycles. The number of phenols is 1. The van der Waals surface area contributed by atoms with Gasteiger partial charge in [-0.15, -0.1) is 0 Å². The van der Waals surface area contributed by atoms with E-state index in [1.165, 1.54) is 0 Å². The van der Waals surface area contributed by atoms with Crippen LogP contribution in [0.4, 0.5) is 0 Å². The molecule has 0 spiro atoms. The minimum Gasteiger partial charge on any atom is -0.507 e. The highest BCUT2D eigenvalue weighted by Crippen LogP contribution is 2.27. The maximum absolute atomic E-state index is 9.58. The second-order valence-corrected chi connectivity index (χ2v) is 5.90. The molecule has 0 aliphatic heterocycles. The first-order chi connectivity index (χ1) is 11.1. The molecule has 1 N–H and O–H groups in total. The van der Waals surface area contributed by atoms with Gasteiger partial charge in [0, 0.05) is 6.54 Å². The quantitative estimate of drug-likeness (QED) is 0.688. The Morgan fingerprint density at radius 3 is 2.83 bits per heavy atom. The van der Waals surface area contributed by atoms with Crippen LogP contribution in [0.25, 0.3) is 22.7 Å². The molecule has 0 radical (unpaired) electrons. The van der Waals surface area contributed by atoms with Gasteiger partial charge in [0.1, 0.15) is 11.8 Å². The maximum atomic E-state index is 9.58. The van der Waals surface area contributed by atoms with Crippen molar-refractivity contribution in [3.8, 4) is 11.8 Å². The van der Waals surface area contributed by atoms with Gasteiger partial charge in [0.15, 0.2) is 5.82 Å². The molecule has 114 valence electrons. The number of nitrogens with zero attached hydrogens (tertiary/aromatic N) is 3. The van der Waals surface area contributed by atoms with Crippen LogP contribution < -0.4 is 0 Å². The predicted molar refractivity (Wildman–Crippen MR) is 94.7 cm³/mol. The van der Waals surface area contributed by atoms with E-state index in [1.807, 2.05) is 35.8 Å². The first kappa shape index (κ1) is 15.3. The van der Waals surface area contributed by atoms with Crippen molar-refractivity contribution in [2.45, 2.75) is 13.5 Å². The molecule has 0 amide bonds. The Labute approximate surface area is 142 Å². The number of halogens is 1. The van der Waals surface area contributed by atoms with E-state index < -0.39 is 0 Å². The summed E-state index contributed by atoms with van der Waals surface area (Å²) in [6.07, 6.45) is 1.78. The van der Waals surface area contributed by atoms with Crippen molar-refractivity contribution < 1.29 is 5.11 Å². The molecule has 0 unspecified atom stereocenters. The summed E-state index contributed by atoms with van der Waals surface area (Å²) in [6.45, 7) is 2.76. The Hall–Kier alpha value is -2.58. The molecule has 0 fully saturated rings. The smallest absolute Gasteiger partial charge is 0.151 e. The standard InChI is InChI=1S/C18H14BrN3O/c1-2-22-16-6-4-3-5-15(16)21-18(22)13(11-20)9-12-7-8-17(23)14(19)10-12/h3-10,23H,2H2,1H3/b13-9-. The van der Waals surface area contributed by atoms with Gasteiger partial charge in [-0.2, -0.15) is 5.26 Å². The highest BCUT2D eigenvalue weighted by molar-refractivity contribution is 9.10. The summed E-state index contributed by atoms with van der Waals surface area (Å²) in [6, 6.07) is 15.2. The van der Waals surface area contributed by atoms with Gasteiger partial charge < -0.3 is 9.67 Å². The Bertz CT molecular complexity index is 951. The van der Waals surface area contributed by atoms with Gasteiger partial charge in [0.25, 0.3) is 0 Å². The number of hydrogen-bond acceptors (Lipinski definition) is 3. The molecule has 3 aromatic rings. The Morgan fingerprint density at radius 1 is 1.35 bits per heavy atom. The number of allylic oxidation sites excluding steroid dienone is 1. The molecule has 4 nitrogen and oxygen atoms in total. The lowest BCUT2D eigenvalue weighted by molar-refractivity contribution is 0.472. The van der Waals surface area contributed by atoms with Crippen LogP contribution in [0.2, 0.25) is 0 Å². The van der Waals surface area contributed by atoms with Gasteiger partial charge in [0.05, 0.1) is 21.1 Å². The normalized spacial score (nSPS) is 11.6. The number of aromatic hydroxyl groups is 1. The number of nitriles is 1. The molecule has 1 aromatic heterocycles. The lowest BCUT2D eigenvalue weighted by atomic mass is 10.1. The zero-order valence-electron chi connectivity index (χ0n) is 12.5. The molecule has 2 aromatic carbocycles. The minimum atomic E-state index is 0.168. The average Bonchev–Trinajstić information content (AvgIpc) is 2.94. The van der Waals surface area contributed by atoms with E-state index in [9.17, 15) is 10.4 Å². The number of phenolic OH excluding ortho intramolecular Hbond substituents is 1. The molecule has 0 atom stereocenters. The van der Waals surface area contributed by atoms with Crippen molar-refractivity contribution in [3.05, 3.63) is 58.3 Å². The number of aryl methyl sites for hydroxylation is 1. The van der Waals surface area contributed by atoms with Crippen molar-refractivity contribution in [2.24, 2.45) is 0 Å². The Kier molecular flexibility index (Phi) is 4.18. The van der Waals surface area contributed by atoms with E-state index >= 15 is 0 Å².